The van der Waals surface area contributed by atoms with Crippen LogP contribution in [0, 0.1) is 25.2 Å². The SMILES string of the molecule is Cc1cc(OC(CC#N)C(N)=O)cc(C)c1Cc1ccc(O)c(C(C)C)c1. The van der Waals surface area contributed by atoms with Crippen molar-refractivity contribution in [1.82, 2.24) is 0 Å². The molecule has 27 heavy (non-hydrogen) atoms. The first-order valence-corrected chi connectivity index (χ1v) is 8.97. The van der Waals surface area contributed by atoms with Crippen molar-refractivity contribution in [2.24, 2.45) is 5.73 Å². The Bertz CT molecular complexity index is 859. The molecule has 1 atom stereocenters. The first kappa shape index (κ1) is 20.3. The van der Waals surface area contributed by atoms with Crippen molar-refractivity contribution in [1.29, 1.82) is 5.26 Å². The van der Waals surface area contributed by atoms with Crippen molar-refractivity contribution in [2.75, 3.05) is 0 Å². The standard InChI is InChI=1S/C22H26N2O3/c1-13(2)18-11-16(5-6-20(18)25)12-19-14(3)9-17(10-15(19)4)27-21(7-8-23)22(24)26/h5-6,9-11,13,21,25H,7,12H2,1-4H3,(H2,24,26). The fraction of sp³-hybridized carbons (Fsp3) is 0.364. The lowest BCUT2D eigenvalue weighted by Crippen LogP contribution is -2.33. The molecule has 5 nitrogen and oxygen atoms in total. The molecule has 3 N–H and O–H groups in total. The summed E-state index contributed by atoms with van der Waals surface area (Å²) >= 11 is 0. The number of ether oxygens (including phenoxy) is 1. The zero-order valence-electron chi connectivity index (χ0n) is 16.2. The quantitative estimate of drug-likeness (QED) is 0.777. The number of carbonyl (C=O) groups excluding carboxylic acids is 1. The molecule has 5 heteroatoms. The molecular formula is C22H26N2O3. The van der Waals surface area contributed by atoms with Gasteiger partial charge in [-0.1, -0.05) is 26.0 Å². The first-order valence-electron chi connectivity index (χ1n) is 8.97. The number of nitrogens with two attached hydrogens (primary N) is 1. The van der Waals surface area contributed by atoms with E-state index in [0.29, 0.717) is 11.5 Å². The average molecular weight is 366 g/mol. The second-order valence-electron chi connectivity index (χ2n) is 7.13. The van der Waals surface area contributed by atoms with Crippen LogP contribution in [0.1, 0.15) is 54.0 Å². The molecule has 0 radical (unpaired) electrons. The number of phenols is 1. The van der Waals surface area contributed by atoms with E-state index >= 15 is 0 Å². The number of amides is 1. The van der Waals surface area contributed by atoms with Gasteiger partial charge in [-0.25, -0.2) is 0 Å². The molecule has 1 unspecified atom stereocenters. The largest absolute Gasteiger partial charge is 0.508 e. The van der Waals surface area contributed by atoms with Crippen LogP contribution >= 0.6 is 0 Å². The summed E-state index contributed by atoms with van der Waals surface area (Å²) in [4.78, 5) is 11.4. The maximum absolute atomic E-state index is 11.4. The normalized spacial score (nSPS) is 11.9. The van der Waals surface area contributed by atoms with Gasteiger partial charge in [-0.15, -0.1) is 0 Å². The van der Waals surface area contributed by atoms with E-state index < -0.39 is 12.0 Å². The second-order valence-corrected chi connectivity index (χ2v) is 7.13. The highest BCUT2D eigenvalue weighted by molar-refractivity contribution is 5.79. The summed E-state index contributed by atoms with van der Waals surface area (Å²) in [7, 11) is 0. The molecule has 0 aliphatic rings. The monoisotopic (exact) mass is 366 g/mol. The molecule has 0 heterocycles. The summed E-state index contributed by atoms with van der Waals surface area (Å²) in [6, 6.07) is 11.4. The van der Waals surface area contributed by atoms with Crippen LogP contribution in [-0.2, 0) is 11.2 Å². The van der Waals surface area contributed by atoms with Gasteiger partial charge in [-0.05, 0) is 72.2 Å². The molecule has 2 aromatic rings. The lowest BCUT2D eigenvalue weighted by Gasteiger charge is -2.17. The van der Waals surface area contributed by atoms with Crippen molar-refractivity contribution in [3.8, 4) is 17.6 Å². The van der Waals surface area contributed by atoms with Gasteiger partial charge < -0.3 is 15.6 Å². The average Bonchev–Trinajstić information content (AvgIpc) is 2.58. The van der Waals surface area contributed by atoms with Gasteiger partial charge in [0.05, 0.1) is 12.5 Å². The Balaban J connectivity index is 2.29. The fourth-order valence-corrected chi connectivity index (χ4v) is 3.13. The van der Waals surface area contributed by atoms with Gasteiger partial charge in [0, 0.05) is 0 Å². The summed E-state index contributed by atoms with van der Waals surface area (Å²) in [5, 5.41) is 18.8. The number of hydrogen-bond acceptors (Lipinski definition) is 4. The highest BCUT2D eigenvalue weighted by Gasteiger charge is 2.18. The number of phenolic OH excluding ortho intramolecular Hbond substituents is 1. The Morgan fingerprint density at radius 3 is 2.37 bits per heavy atom. The number of nitriles is 1. The molecule has 2 rings (SSSR count). The summed E-state index contributed by atoms with van der Waals surface area (Å²) in [6.45, 7) is 8.08. The summed E-state index contributed by atoms with van der Waals surface area (Å²) < 4.78 is 5.62. The fourth-order valence-electron chi connectivity index (χ4n) is 3.13. The molecule has 1 amide bonds. The van der Waals surface area contributed by atoms with E-state index in [1.54, 1.807) is 6.07 Å². The van der Waals surface area contributed by atoms with Crippen molar-refractivity contribution < 1.29 is 14.6 Å². The molecular weight excluding hydrogens is 340 g/mol. The third-order valence-corrected chi connectivity index (χ3v) is 4.64. The highest BCUT2D eigenvalue weighted by Crippen LogP contribution is 2.29. The molecule has 0 fully saturated rings. The number of hydrogen-bond donors (Lipinski definition) is 2. The predicted molar refractivity (Wildman–Crippen MR) is 105 cm³/mol. The minimum atomic E-state index is -0.953. The van der Waals surface area contributed by atoms with Crippen molar-refractivity contribution in [3.05, 3.63) is 58.1 Å². The van der Waals surface area contributed by atoms with E-state index in [0.717, 1.165) is 28.7 Å². The zero-order chi connectivity index (χ0) is 20.1. The third kappa shape index (κ3) is 5.01. The van der Waals surface area contributed by atoms with Gasteiger partial charge in [0.1, 0.15) is 11.5 Å². The molecule has 2 aromatic carbocycles. The third-order valence-electron chi connectivity index (χ3n) is 4.64. The van der Waals surface area contributed by atoms with E-state index in [-0.39, 0.29) is 12.3 Å². The minimum absolute atomic E-state index is 0.0827. The Kier molecular flexibility index (Phi) is 6.46. The molecule has 0 spiro atoms. The molecule has 142 valence electrons. The predicted octanol–water partition coefficient (Wildman–Crippen LogP) is 3.87. The summed E-state index contributed by atoms with van der Waals surface area (Å²) in [5.41, 5.74) is 10.6. The zero-order valence-corrected chi connectivity index (χ0v) is 16.2. The summed E-state index contributed by atoms with van der Waals surface area (Å²) in [5.74, 6) is 0.442. The van der Waals surface area contributed by atoms with Crippen molar-refractivity contribution >= 4 is 5.91 Å². The number of carbonyl (C=O) groups is 1. The molecule has 0 saturated carbocycles. The van der Waals surface area contributed by atoms with Gasteiger partial charge in [-0.3, -0.25) is 4.79 Å². The van der Waals surface area contributed by atoms with Crippen LogP contribution in [-0.4, -0.2) is 17.1 Å². The van der Waals surface area contributed by atoms with E-state index in [2.05, 4.69) is 13.8 Å². The second kappa shape index (κ2) is 8.59. The molecule has 0 bridgehead atoms. The van der Waals surface area contributed by atoms with Gasteiger partial charge in [0.15, 0.2) is 6.10 Å². The van der Waals surface area contributed by atoms with Crippen LogP contribution in [0.15, 0.2) is 30.3 Å². The first-order chi connectivity index (χ1) is 12.7. The maximum Gasteiger partial charge on any atom is 0.259 e. The van der Waals surface area contributed by atoms with E-state index in [1.165, 1.54) is 5.56 Å². The number of aryl methyl sites for hydroxylation is 2. The highest BCUT2D eigenvalue weighted by atomic mass is 16.5. The van der Waals surface area contributed by atoms with Gasteiger partial charge in [0.25, 0.3) is 5.91 Å². The Labute approximate surface area is 160 Å². The Morgan fingerprint density at radius 1 is 1.22 bits per heavy atom. The van der Waals surface area contributed by atoms with Crippen LogP contribution < -0.4 is 10.5 Å². The van der Waals surface area contributed by atoms with E-state index in [4.69, 9.17) is 15.7 Å². The maximum atomic E-state index is 11.4. The van der Waals surface area contributed by atoms with E-state index in [1.807, 2.05) is 44.2 Å². The van der Waals surface area contributed by atoms with Crippen LogP contribution in [0.25, 0.3) is 0 Å². The van der Waals surface area contributed by atoms with Crippen LogP contribution in [0.2, 0.25) is 0 Å². The topological polar surface area (TPSA) is 96.3 Å². The Morgan fingerprint density at radius 2 is 1.85 bits per heavy atom. The lowest BCUT2D eigenvalue weighted by atomic mass is 9.93. The van der Waals surface area contributed by atoms with Crippen LogP contribution in [0.5, 0.6) is 11.5 Å². The van der Waals surface area contributed by atoms with Gasteiger partial charge in [0.2, 0.25) is 0 Å². The summed E-state index contributed by atoms with van der Waals surface area (Å²) in [6.07, 6.45) is -0.305. The molecule has 0 saturated heterocycles. The molecule has 0 aliphatic heterocycles. The number of aromatic hydroxyl groups is 1. The van der Waals surface area contributed by atoms with Crippen molar-refractivity contribution in [3.63, 3.8) is 0 Å². The molecule has 0 aromatic heterocycles. The number of nitrogens with zero attached hydrogens (tertiary/aromatic N) is 1. The number of benzene rings is 2. The van der Waals surface area contributed by atoms with Gasteiger partial charge in [-0.2, -0.15) is 5.26 Å². The lowest BCUT2D eigenvalue weighted by molar-refractivity contribution is -0.124. The minimum Gasteiger partial charge on any atom is -0.508 e. The molecule has 0 aliphatic carbocycles. The van der Waals surface area contributed by atoms with Crippen molar-refractivity contribution in [2.45, 2.75) is 52.6 Å². The van der Waals surface area contributed by atoms with E-state index in [9.17, 15) is 9.90 Å². The Hall–Kier alpha value is -3.00. The van der Waals surface area contributed by atoms with Crippen LogP contribution in [0.4, 0.5) is 0 Å². The smallest absolute Gasteiger partial charge is 0.259 e. The number of rotatable bonds is 7. The van der Waals surface area contributed by atoms with Crippen LogP contribution in [0.3, 0.4) is 0 Å². The van der Waals surface area contributed by atoms with Gasteiger partial charge >= 0.3 is 0 Å². The number of primary amides is 1.